The molecule has 1 amide bonds. The minimum atomic E-state index is 0.151. The van der Waals surface area contributed by atoms with Gasteiger partial charge in [0.1, 0.15) is 0 Å². The molecular weight excluding hydrogens is 250 g/mol. The van der Waals surface area contributed by atoms with E-state index < -0.39 is 0 Å². The first-order valence-electron chi connectivity index (χ1n) is 8.32. The van der Waals surface area contributed by atoms with E-state index in [1.807, 2.05) is 0 Å². The first-order valence-corrected chi connectivity index (χ1v) is 8.32. The zero-order valence-corrected chi connectivity index (χ0v) is 13.0. The summed E-state index contributed by atoms with van der Waals surface area (Å²) in [5.74, 6) is 1.66. The summed E-state index contributed by atoms with van der Waals surface area (Å²) in [6.45, 7) is 8.49. The summed E-state index contributed by atoms with van der Waals surface area (Å²) in [4.78, 5) is 14.7. The highest BCUT2D eigenvalue weighted by atomic mass is 16.2. The van der Waals surface area contributed by atoms with Crippen molar-refractivity contribution in [1.82, 2.24) is 15.5 Å². The fraction of sp³-hybridized carbons (Fsp3) is 0.938. The molecule has 2 N–H and O–H groups in total. The molecule has 2 saturated heterocycles. The third-order valence-electron chi connectivity index (χ3n) is 5.82. The zero-order valence-electron chi connectivity index (χ0n) is 13.0. The average molecular weight is 279 g/mol. The Morgan fingerprint density at radius 3 is 2.70 bits per heavy atom. The second kappa shape index (κ2) is 5.64. The summed E-state index contributed by atoms with van der Waals surface area (Å²) in [6.07, 6.45) is 6.22. The molecule has 3 rings (SSSR count). The minimum absolute atomic E-state index is 0.151. The molecule has 4 nitrogen and oxygen atoms in total. The maximum absolute atomic E-state index is 12.3. The SMILES string of the molecule is CC1(C)C2CNCC2CN1CC(=O)NC1CCCCC1. The second-order valence-corrected chi connectivity index (χ2v) is 7.46. The van der Waals surface area contributed by atoms with Gasteiger partial charge < -0.3 is 10.6 Å². The van der Waals surface area contributed by atoms with Crippen LogP contribution >= 0.6 is 0 Å². The van der Waals surface area contributed by atoms with Crippen LogP contribution in [-0.2, 0) is 4.79 Å². The normalized spacial score (nSPS) is 34.1. The molecule has 0 aromatic heterocycles. The Kier molecular flexibility index (Phi) is 4.04. The van der Waals surface area contributed by atoms with Crippen LogP contribution in [-0.4, -0.2) is 48.6 Å². The van der Waals surface area contributed by atoms with Gasteiger partial charge in [-0.15, -0.1) is 0 Å². The summed E-state index contributed by atoms with van der Waals surface area (Å²) < 4.78 is 0. The van der Waals surface area contributed by atoms with Crippen molar-refractivity contribution < 1.29 is 4.79 Å². The second-order valence-electron chi connectivity index (χ2n) is 7.46. The van der Waals surface area contributed by atoms with Crippen molar-refractivity contribution >= 4 is 5.91 Å². The third-order valence-corrected chi connectivity index (χ3v) is 5.82. The van der Waals surface area contributed by atoms with Crippen molar-refractivity contribution in [3.8, 4) is 0 Å². The van der Waals surface area contributed by atoms with Gasteiger partial charge in [-0.05, 0) is 45.1 Å². The lowest BCUT2D eigenvalue weighted by molar-refractivity contribution is -0.124. The van der Waals surface area contributed by atoms with E-state index in [1.54, 1.807) is 0 Å². The highest BCUT2D eigenvalue weighted by Gasteiger charge is 2.49. The lowest BCUT2D eigenvalue weighted by Crippen LogP contribution is -2.50. The van der Waals surface area contributed by atoms with Gasteiger partial charge in [0.2, 0.25) is 5.91 Å². The van der Waals surface area contributed by atoms with Gasteiger partial charge in [-0.3, -0.25) is 9.69 Å². The van der Waals surface area contributed by atoms with Crippen LogP contribution in [0.3, 0.4) is 0 Å². The highest BCUT2D eigenvalue weighted by Crippen LogP contribution is 2.40. The number of nitrogens with zero attached hydrogens (tertiary/aromatic N) is 1. The van der Waals surface area contributed by atoms with Crippen LogP contribution in [0.25, 0.3) is 0 Å². The number of amides is 1. The minimum Gasteiger partial charge on any atom is -0.352 e. The molecule has 2 unspecified atom stereocenters. The molecule has 2 heterocycles. The van der Waals surface area contributed by atoms with Crippen molar-refractivity contribution in [2.75, 3.05) is 26.2 Å². The van der Waals surface area contributed by atoms with Gasteiger partial charge in [0, 0.05) is 24.7 Å². The molecule has 4 heteroatoms. The van der Waals surface area contributed by atoms with Crippen molar-refractivity contribution in [3.05, 3.63) is 0 Å². The van der Waals surface area contributed by atoms with E-state index in [1.165, 1.54) is 32.1 Å². The van der Waals surface area contributed by atoms with E-state index >= 15 is 0 Å². The molecule has 1 saturated carbocycles. The van der Waals surface area contributed by atoms with E-state index in [0.717, 1.165) is 25.6 Å². The number of likely N-dealkylation sites (tertiary alicyclic amines) is 1. The molecule has 3 fully saturated rings. The van der Waals surface area contributed by atoms with E-state index in [4.69, 9.17) is 0 Å². The maximum atomic E-state index is 12.3. The predicted molar refractivity (Wildman–Crippen MR) is 80.5 cm³/mol. The number of rotatable bonds is 3. The van der Waals surface area contributed by atoms with Crippen molar-refractivity contribution in [3.63, 3.8) is 0 Å². The summed E-state index contributed by atoms with van der Waals surface area (Å²) in [5, 5.41) is 6.75. The number of carbonyl (C=O) groups is 1. The molecule has 2 atom stereocenters. The maximum Gasteiger partial charge on any atom is 0.234 e. The lowest BCUT2D eigenvalue weighted by atomic mass is 9.85. The number of fused-ring (bicyclic) bond motifs is 1. The Morgan fingerprint density at radius 2 is 2.00 bits per heavy atom. The Hall–Kier alpha value is -0.610. The number of hydrogen-bond acceptors (Lipinski definition) is 3. The quantitative estimate of drug-likeness (QED) is 0.820. The monoisotopic (exact) mass is 279 g/mol. The summed E-state index contributed by atoms with van der Waals surface area (Å²) in [5.41, 5.74) is 0.151. The Balaban J connectivity index is 1.53. The Bertz CT molecular complexity index is 363. The highest BCUT2D eigenvalue weighted by molar-refractivity contribution is 5.78. The van der Waals surface area contributed by atoms with Crippen LogP contribution in [0.5, 0.6) is 0 Å². The molecule has 20 heavy (non-hydrogen) atoms. The van der Waals surface area contributed by atoms with Gasteiger partial charge >= 0.3 is 0 Å². The summed E-state index contributed by atoms with van der Waals surface area (Å²) in [7, 11) is 0. The molecule has 3 aliphatic rings. The van der Waals surface area contributed by atoms with Crippen LogP contribution in [0, 0.1) is 11.8 Å². The van der Waals surface area contributed by atoms with Gasteiger partial charge in [0.15, 0.2) is 0 Å². The molecule has 114 valence electrons. The van der Waals surface area contributed by atoms with Gasteiger partial charge in [-0.25, -0.2) is 0 Å². The van der Waals surface area contributed by atoms with Crippen molar-refractivity contribution in [2.45, 2.75) is 57.5 Å². The fourth-order valence-corrected chi connectivity index (χ4v) is 4.47. The van der Waals surface area contributed by atoms with Gasteiger partial charge in [-0.1, -0.05) is 19.3 Å². The topological polar surface area (TPSA) is 44.4 Å². The van der Waals surface area contributed by atoms with Crippen LogP contribution in [0.4, 0.5) is 0 Å². The number of nitrogens with one attached hydrogen (secondary N) is 2. The molecule has 0 bridgehead atoms. The molecule has 0 aromatic rings. The number of hydrogen-bond donors (Lipinski definition) is 2. The van der Waals surface area contributed by atoms with Crippen LogP contribution < -0.4 is 10.6 Å². The van der Waals surface area contributed by atoms with E-state index in [-0.39, 0.29) is 11.4 Å². The molecule has 1 aliphatic carbocycles. The van der Waals surface area contributed by atoms with E-state index in [0.29, 0.717) is 18.5 Å². The fourth-order valence-electron chi connectivity index (χ4n) is 4.47. The van der Waals surface area contributed by atoms with Crippen molar-refractivity contribution in [2.24, 2.45) is 11.8 Å². The van der Waals surface area contributed by atoms with E-state index in [2.05, 4.69) is 29.4 Å². The van der Waals surface area contributed by atoms with Crippen molar-refractivity contribution in [1.29, 1.82) is 0 Å². The molecular formula is C16H29N3O. The molecule has 2 aliphatic heterocycles. The van der Waals surface area contributed by atoms with Crippen LogP contribution in [0.2, 0.25) is 0 Å². The Labute approximate surface area is 122 Å². The third kappa shape index (κ3) is 2.73. The lowest BCUT2D eigenvalue weighted by Gasteiger charge is -2.35. The first-order chi connectivity index (χ1) is 9.57. The zero-order chi connectivity index (χ0) is 14.2. The summed E-state index contributed by atoms with van der Waals surface area (Å²) in [6, 6.07) is 0.433. The smallest absolute Gasteiger partial charge is 0.234 e. The summed E-state index contributed by atoms with van der Waals surface area (Å²) >= 11 is 0. The predicted octanol–water partition coefficient (Wildman–Crippen LogP) is 1.37. The van der Waals surface area contributed by atoms with Gasteiger partial charge in [0.25, 0.3) is 0 Å². The van der Waals surface area contributed by atoms with Gasteiger partial charge in [0.05, 0.1) is 6.54 Å². The molecule has 0 spiro atoms. The van der Waals surface area contributed by atoms with Crippen LogP contribution in [0.15, 0.2) is 0 Å². The van der Waals surface area contributed by atoms with E-state index in [9.17, 15) is 4.79 Å². The standard InChI is InChI=1S/C16H29N3O/c1-16(2)14-9-17-8-12(14)10-19(16)11-15(20)18-13-6-4-3-5-7-13/h12-14,17H,3-11H2,1-2H3,(H,18,20). The molecule has 0 radical (unpaired) electrons. The average Bonchev–Trinajstić information content (AvgIpc) is 2.95. The largest absolute Gasteiger partial charge is 0.352 e. The number of carbonyl (C=O) groups excluding carboxylic acids is 1. The van der Waals surface area contributed by atoms with Crippen LogP contribution in [0.1, 0.15) is 46.0 Å². The Morgan fingerprint density at radius 1 is 1.25 bits per heavy atom. The first kappa shape index (κ1) is 14.3. The van der Waals surface area contributed by atoms with Gasteiger partial charge in [-0.2, -0.15) is 0 Å². The molecule has 0 aromatic carbocycles.